The summed E-state index contributed by atoms with van der Waals surface area (Å²) in [5, 5.41) is 17.7. The standard InChI is InChI=1S/C14H14N4O3S/c1-2-7-3-9-8(6-22-14-16-13(15)17-18-14)4-12(20)21-11(9)5-10(7)19/h3-5,19H,2,6H2,1H3,(H3,15,16,17,18). The number of hydrogen-bond donors (Lipinski definition) is 3. The lowest BCUT2D eigenvalue weighted by molar-refractivity contribution is 0.466. The van der Waals surface area contributed by atoms with Crippen molar-refractivity contribution >= 4 is 28.7 Å². The van der Waals surface area contributed by atoms with Gasteiger partial charge in [0.25, 0.3) is 0 Å². The number of benzene rings is 1. The van der Waals surface area contributed by atoms with Crippen LogP contribution < -0.4 is 11.4 Å². The van der Waals surface area contributed by atoms with Crippen molar-refractivity contribution in [3.05, 3.63) is 39.7 Å². The van der Waals surface area contributed by atoms with Gasteiger partial charge in [0.15, 0.2) is 0 Å². The smallest absolute Gasteiger partial charge is 0.336 e. The van der Waals surface area contributed by atoms with Crippen LogP contribution in [0.4, 0.5) is 5.95 Å². The molecule has 2 heterocycles. The van der Waals surface area contributed by atoms with E-state index in [-0.39, 0.29) is 11.7 Å². The minimum atomic E-state index is -0.457. The molecule has 3 rings (SSSR count). The van der Waals surface area contributed by atoms with Crippen LogP contribution in [-0.4, -0.2) is 20.3 Å². The fourth-order valence-electron chi connectivity index (χ4n) is 2.17. The van der Waals surface area contributed by atoms with Crippen LogP contribution in [0.15, 0.2) is 32.6 Å². The highest BCUT2D eigenvalue weighted by Crippen LogP contribution is 2.29. The Labute approximate surface area is 129 Å². The third-order valence-corrected chi connectivity index (χ3v) is 4.15. The first kappa shape index (κ1) is 14.5. The third-order valence-electron chi connectivity index (χ3n) is 3.25. The van der Waals surface area contributed by atoms with Crippen molar-refractivity contribution in [2.75, 3.05) is 5.73 Å². The van der Waals surface area contributed by atoms with E-state index in [0.717, 1.165) is 16.5 Å². The van der Waals surface area contributed by atoms with Crippen LogP contribution in [0.25, 0.3) is 11.0 Å². The van der Waals surface area contributed by atoms with E-state index < -0.39 is 5.63 Å². The Balaban J connectivity index is 2.01. The first-order valence-corrected chi connectivity index (χ1v) is 7.64. The quantitative estimate of drug-likeness (QED) is 0.497. The van der Waals surface area contributed by atoms with Crippen LogP contribution in [0.3, 0.4) is 0 Å². The Morgan fingerprint density at radius 1 is 1.36 bits per heavy atom. The highest BCUT2D eigenvalue weighted by atomic mass is 32.2. The number of aryl methyl sites for hydroxylation is 1. The first-order chi connectivity index (χ1) is 10.6. The summed E-state index contributed by atoms with van der Waals surface area (Å²) >= 11 is 1.36. The second kappa shape index (κ2) is 5.72. The molecule has 4 N–H and O–H groups in total. The summed E-state index contributed by atoms with van der Waals surface area (Å²) in [6.45, 7) is 1.95. The van der Waals surface area contributed by atoms with Crippen molar-refractivity contribution in [3.8, 4) is 5.75 Å². The number of H-pyrrole nitrogens is 1. The summed E-state index contributed by atoms with van der Waals surface area (Å²) < 4.78 is 5.16. The van der Waals surface area contributed by atoms with Gasteiger partial charge >= 0.3 is 5.63 Å². The molecule has 8 heteroatoms. The SMILES string of the molecule is CCc1cc2c(CSc3n[nH]c(N)n3)cc(=O)oc2cc1O. The van der Waals surface area contributed by atoms with Gasteiger partial charge in [0.1, 0.15) is 11.3 Å². The number of thioether (sulfide) groups is 1. The Bertz CT molecular complexity index is 887. The molecule has 0 saturated carbocycles. The van der Waals surface area contributed by atoms with E-state index in [1.165, 1.54) is 23.9 Å². The minimum Gasteiger partial charge on any atom is -0.508 e. The van der Waals surface area contributed by atoms with Gasteiger partial charge in [0.05, 0.1) is 0 Å². The van der Waals surface area contributed by atoms with Crippen LogP contribution in [0, 0.1) is 0 Å². The van der Waals surface area contributed by atoms with Crippen LogP contribution in [0.2, 0.25) is 0 Å². The number of aromatic amines is 1. The van der Waals surface area contributed by atoms with Crippen LogP contribution in [0.1, 0.15) is 18.1 Å². The van der Waals surface area contributed by atoms with Crippen molar-refractivity contribution in [2.45, 2.75) is 24.3 Å². The predicted molar refractivity (Wildman–Crippen MR) is 83.9 cm³/mol. The van der Waals surface area contributed by atoms with Gasteiger partial charge in [0.2, 0.25) is 11.1 Å². The van der Waals surface area contributed by atoms with Gasteiger partial charge < -0.3 is 15.3 Å². The molecular formula is C14H14N4O3S. The summed E-state index contributed by atoms with van der Waals surface area (Å²) in [5.74, 6) is 0.871. The number of nitrogens with one attached hydrogen (secondary N) is 1. The molecule has 1 aromatic carbocycles. The molecule has 0 fully saturated rings. The van der Waals surface area contributed by atoms with Crippen LogP contribution in [0.5, 0.6) is 5.75 Å². The van der Waals surface area contributed by atoms with Crippen LogP contribution in [-0.2, 0) is 12.2 Å². The first-order valence-electron chi connectivity index (χ1n) is 6.66. The number of hydrogen-bond acceptors (Lipinski definition) is 7. The molecule has 114 valence electrons. The highest BCUT2D eigenvalue weighted by molar-refractivity contribution is 7.98. The number of phenols is 1. The molecule has 0 radical (unpaired) electrons. The van der Waals surface area contributed by atoms with Crippen molar-refractivity contribution in [1.82, 2.24) is 15.2 Å². The van der Waals surface area contributed by atoms with Crippen LogP contribution >= 0.6 is 11.8 Å². The van der Waals surface area contributed by atoms with Gasteiger partial charge in [0, 0.05) is 23.3 Å². The monoisotopic (exact) mass is 318 g/mol. The number of fused-ring (bicyclic) bond motifs is 1. The summed E-state index contributed by atoms with van der Waals surface area (Å²) in [5.41, 5.74) is 6.99. The maximum Gasteiger partial charge on any atom is 0.336 e. The molecular weight excluding hydrogens is 304 g/mol. The average molecular weight is 318 g/mol. The fraction of sp³-hybridized carbons (Fsp3) is 0.214. The molecule has 22 heavy (non-hydrogen) atoms. The average Bonchev–Trinajstić information content (AvgIpc) is 2.89. The molecule has 0 saturated heterocycles. The fourth-order valence-corrected chi connectivity index (χ4v) is 2.97. The zero-order valence-corrected chi connectivity index (χ0v) is 12.6. The van der Waals surface area contributed by atoms with E-state index in [4.69, 9.17) is 10.2 Å². The van der Waals surface area contributed by atoms with Crippen molar-refractivity contribution in [2.24, 2.45) is 0 Å². The summed E-state index contributed by atoms with van der Waals surface area (Å²) in [6, 6.07) is 4.77. The zero-order valence-electron chi connectivity index (χ0n) is 11.8. The van der Waals surface area contributed by atoms with Gasteiger partial charge in [-0.15, -0.1) is 5.10 Å². The van der Waals surface area contributed by atoms with Crippen molar-refractivity contribution in [1.29, 1.82) is 0 Å². The number of aromatic hydroxyl groups is 1. The van der Waals surface area contributed by atoms with Crippen molar-refractivity contribution < 1.29 is 9.52 Å². The second-order valence-electron chi connectivity index (χ2n) is 4.71. The summed E-state index contributed by atoms with van der Waals surface area (Å²) in [7, 11) is 0. The molecule has 7 nitrogen and oxygen atoms in total. The number of nitrogens with two attached hydrogens (primary N) is 1. The van der Waals surface area contributed by atoms with E-state index in [2.05, 4.69) is 15.2 Å². The molecule has 0 aliphatic rings. The third kappa shape index (κ3) is 2.77. The van der Waals surface area contributed by atoms with E-state index >= 15 is 0 Å². The Hall–Kier alpha value is -2.48. The number of aromatic nitrogens is 3. The molecule has 0 aliphatic heterocycles. The van der Waals surface area contributed by atoms with E-state index in [1.807, 2.05) is 13.0 Å². The second-order valence-corrected chi connectivity index (χ2v) is 5.66. The molecule has 3 aromatic rings. The van der Waals surface area contributed by atoms with Gasteiger partial charge in [-0.1, -0.05) is 18.7 Å². The molecule has 0 spiro atoms. The number of anilines is 1. The minimum absolute atomic E-state index is 0.129. The Morgan fingerprint density at radius 2 is 2.18 bits per heavy atom. The van der Waals surface area contributed by atoms with Gasteiger partial charge in [-0.3, -0.25) is 0 Å². The number of nitrogen functional groups attached to an aromatic ring is 1. The predicted octanol–water partition coefficient (Wildman–Crippen LogP) is 2.05. The zero-order chi connectivity index (χ0) is 15.7. The molecule has 0 atom stereocenters. The Kier molecular flexibility index (Phi) is 3.76. The maximum atomic E-state index is 11.7. The molecule has 2 aromatic heterocycles. The lowest BCUT2D eigenvalue weighted by Gasteiger charge is -2.07. The molecule has 0 unspecified atom stereocenters. The number of phenolic OH excluding ortho intramolecular Hbond substituents is 1. The molecule has 0 bridgehead atoms. The van der Waals surface area contributed by atoms with Crippen molar-refractivity contribution in [3.63, 3.8) is 0 Å². The van der Waals surface area contributed by atoms with E-state index in [9.17, 15) is 9.90 Å². The number of rotatable bonds is 4. The normalized spacial score (nSPS) is 11.1. The van der Waals surface area contributed by atoms with Gasteiger partial charge in [-0.2, -0.15) is 4.98 Å². The molecule has 0 amide bonds. The highest BCUT2D eigenvalue weighted by Gasteiger charge is 2.11. The topological polar surface area (TPSA) is 118 Å². The van der Waals surface area contributed by atoms with Gasteiger partial charge in [-0.05, 0) is 23.6 Å². The van der Waals surface area contributed by atoms with E-state index in [1.54, 1.807) is 0 Å². The summed E-state index contributed by atoms with van der Waals surface area (Å²) in [4.78, 5) is 15.7. The lowest BCUT2D eigenvalue weighted by Crippen LogP contribution is -2.00. The lowest BCUT2D eigenvalue weighted by atomic mass is 10.1. The van der Waals surface area contributed by atoms with E-state index in [0.29, 0.717) is 22.9 Å². The molecule has 0 aliphatic carbocycles. The van der Waals surface area contributed by atoms with Gasteiger partial charge in [-0.25, -0.2) is 9.89 Å². The largest absolute Gasteiger partial charge is 0.508 e. The Morgan fingerprint density at radius 3 is 2.86 bits per heavy atom. The number of nitrogens with zero attached hydrogens (tertiary/aromatic N) is 2. The summed E-state index contributed by atoms with van der Waals surface area (Å²) in [6.07, 6.45) is 0.685. The maximum absolute atomic E-state index is 11.7.